The summed E-state index contributed by atoms with van der Waals surface area (Å²) in [5.41, 5.74) is 1.89. The van der Waals surface area contributed by atoms with Crippen LogP contribution in [0.1, 0.15) is 10.4 Å². The zero-order chi connectivity index (χ0) is 20.1. The molecule has 0 saturated heterocycles. The fourth-order valence-electron chi connectivity index (χ4n) is 3.05. The minimum absolute atomic E-state index is 0.538. The number of aromatic nitrogens is 2. The molecular weight excluding hydrogens is 384 g/mol. The Morgan fingerprint density at radius 2 is 1.79 bits per heavy atom. The summed E-state index contributed by atoms with van der Waals surface area (Å²) in [4.78, 5) is 10.6. The van der Waals surface area contributed by atoms with E-state index in [1.165, 1.54) is 4.88 Å². The van der Waals surface area contributed by atoms with E-state index in [-0.39, 0.29) is 0 Å². The maximum Gasteiger partial charge on any atom is 0.225 e. The Morgan fingerprint density at radius 1 is 0.897 bits per heavy atom. The van der Waals surface area contributed by atoms with Gasteiger partial charge >= 0.3 is 0 Å². The first kappa shape index (κ1) is 19.0. The summed E-state index contributed by atoms with van der Waals surface area (Å²) in [6, 6.07) is 17.9. The molecule has 0 saturated carbocycles. The van der Waals surface area contributed by atoms with Crippen molar-refractivity contribution in [3.8, 4) is 11.5 Å². The Hall–Kier alpha value is -3.32. The average Bonchev–Trinajstić information content (AvgIpc) is 3.29. The molecule has 2 aromatic carbocycles. The van der Waals surface area contributed by atoms with Crippen molar-refractivity contribution in [3.63, 3.8) is 0 Å². The fraction of sp³-hybridized carbons (Fsp3) is 0.182. The lowest BCUT2D eigenvalue weighted by Crippen LogP contribution is -2.08. The van der Waals surface area contributed by atoms with E-state index >= 15 is 0 Å². The number of nitrogens with zero attached hydrogens (tertiary/aromatic N) is 2. The molecule has 0 bridgehead atoms. The lowest BCUT2D eigenvalue weighted by molar-refractivity contribution is 0.391. The molecule has 0 aliphatic rings. The Balaban J connectivity index is 1.57. The summed E-state index contributed by atoms with van der Waals surface area (Å²) in [5.74, 6) is 2.89. The molecule has 2 aromatic heterocycles. The highest BCUT2D eigenvalue weighted by Gasteiger charge is 2.10. The molecule has 0 aliphatic heterocycles. The van der Waals surface area contributed by atoms with E-state index in [1.807, 2.05) is 42.5 Å². The van der Waals surface area contributed by atoms with Crippen LogP contribution in [0.2, 0.25) is 0 Å². The van der Waals surface area contributed by atoms with Gasteiger partial charge in [0.1, 0.15) is 17.3 Å². The first-order valence-electron chi connectivity index (χ1n) is 9.24. The number of hydrogen-bond acceptors (Lipinski definition) is 7. The van der Waals surface area contributed by atoms with Crippen LogP contribution in [0.5, 0.6) is 11.5 Å². The summed E-state index contributed by atoms with van der Waals surface area (Å²) in [6.45, 7) is 1.26. The van der Waals surface area contributed by atoms with E-state index in [9.17, 15) is 0 Å². The van der Waals surface area contributed by atoms with Gasteiger partial charge in [0.15, 0.2) is 0 Å². The van der Waals surface area contributed by atoms with Crippen LogP contribution < -0.4 is 20.1 Å². The van der Waals surface area contributed by atoms with Gasteiger partial charge in [-0.15, -0.1) is 11.3 Å². The summed E-state index contributed by atoms with van der Waals surface area (Å²) >= 11 is 1.72. The monoisotopic (exact) mass is 406 g/mol. The highest BCUT2D eigenvalue weighted by Crippen LogP contribution is 2.26. The molecule has 0 amide bonds. The van der Waals surface area contributed by atoms with Crippen LogP contribution in [0.4, 0.5) is 11.8 Å². The number of rotatable bonds is 8. The second-order valence-corrected chi connectivity index (χ2v) is 7.41. The van der Waals surface area contributed by atoms with Gasteiger partial charge in [0.25, 0.3) is 0 Å². The number of fused-ring (bicyclic) bond motifs is 1. The molecule has 0 atom stereocenters. The first-order valence-corrected chi connectivity index (χ1v) is 10.1. The molecule has 0 unspecified atom stereocenters. The van der Waals surface area contributed by atoms with Crippen molar-refractivity contribution in [3.05, 3.63) is 70.4 Å². The van der Waals surface area contributed by atoms with Crippen molar-refractivity contribution in [1.82, 2.24) is 9.97 Å². The molecule has 2 heterocycles. The molecule has 7 heteroatoms. The number of thiophene rings is 1. The Bertz CT molecular complexity index is 1100. The van der Waals surface area contributed by atoms with Gasteiger partial charge in [-0.3, -0.25) is 0 Å². The molecule has 0 fully saturated rings. The highest BCUT2D eigenvalue weighted by atomic mass is 32.1. The third-order valence-corrected chi connectivity index (χ3v) is 5.42. The number of benzene rings is 2. The van der Waals surface area contributed by atoms with Crippen LogP contribution in [0.3, 0.4) is 0 Å². The van der Waals surface area contributed by atoms with Crippen molar-refractivity contribution in [2.45, 2.75) is 13.1 Å². The predicted molar refractivity (Wildman–Crippen MR) is 118 cm³/mol. The standard InChI is InChI=1S/C22H22N4O2S/c1-27-16-10-9-15(20(12-16)28-2)13-24-22-25-19-8-4-3-7-18(19)21(26-22)23-14-17-6-5-11-29-17/h3-12H,13-14H2,1-2H3,(H2,23,24,25,26). The second-order valence-electron chi connectivity index (χ2n) is 6.38. The summed E-state index contributed by atoms with van der Waals surface area (Å²) in [6.07, 6.45) is 0. The molecule has 148 valence electrons. The van der Waals surface area contributed by atoms with Gasteiger partial charge < -0.3 is 20.1 Å². The van der Waals surface area contributed by atoms with E-state index in [4.69, 9.17) is 14.5 Å². The molecule has 2 N–H and O–H groups in total. The summed E-state index contributed by atoms with van der Waals surface area (Å²) < 4.78 is 10.7. The predicted octanol–water partition coefficient (Wildman–Crippen LogP) is 4.93. The van der Waals surface area contributed by atoms with Crippen LogP contribution in [-0.2, 0) is 13.1 Å². The highest BCUT2D eigenvalue weighted by molar-refractivity contribution is 7.09. The average molecular weight is 407 g/mol. The number of nitrogens with one attached hydrogen (secondary N) is 2. The van der Waals surface area contributed by atoms with Gasteiger partial charge in [0, 0.05) is 28.4 Å². The van der Waals surface area contributed by atoms with E-state index < -0.39 is 0 Å². The number of anilines is 2. The van der Waals surface area contributed by atoms with Crippen LogP contribution in [-0.4, -0.2) is 24.2 Å². The van der Waals surface area contributed by atoms with E-state index in [1.54, 1.807) is 25.6 Å². The van der Waals surface area contributed by atoms with Crippen molar-refractivity contribution < 1.29 is 9.47 Å². The third kappa shape index (κ3) is 4.41. The second kappa shape index (κ2) is 8.79. The van der Waals surface area contributed by atoms with Crippen molar-refractivity contribution in [1.29, 1.82) is 0 Å². The minimum atomic E-state index is 0.538. The van der Waals surface area contributed by atoms with Crippen LogP contribution in [0.25, 0.3) is 10.9 Å². The van der Waals surface area contributed by atoms with Gasteiger partial charge in [-0.05, 0) is 35.7 Å². The van der Waals surface area contributed by atoms with E-state index in [2.05, 4.69) is 33.1 Å². The molecule has 6 nitrogen and oxygen atoms in total. The maximum atomic E-state index is 5.48. The molecule has 4 rings (SSSR count). The Morgan fingerprint density at radius 3 is 2.59 bits per heavy atom. The van der Waals surface area contributed by atoms with Crippen molar-refractivity contribution >= 4 is 34.0 Å². The van der Waals surface area contributed by atoms with Gasteiger partial charge in [-0.2, -0.15) is 4.98 Å². The third-order valence-electron chi connectivity index (χ3n) is 4.54. The van der Waals surface area contributed by atoms with Crippen molar-refractivity contribution in [2.24, 2.45) is 0 Å². The number of hydrogen-bond donors (Lipinski definition) is 2. The maximum absolute atomic E-state index is 5.48. The Kier molecular flexibility index (Phi) is 5.76. The normalized spacial score (nSPS) is 10.7. The van der Waals surface area contributed by atoms with E-state index in [0.29, 0.717) is 12.5 Å². The largest absolute Gasteiger partial charge is 0.497 e. The van der Waals surface area contributed by atoms with Crippen LogP contribution >= 0.6 is 11.3 Å². The van der Waals surface area contributed by atoms with Crippen molar-refractivity contribution in [2.75, 3.05) is 24.9 Å². The number of methoxy groups -OCH3 is 2. The SMILES string of the molecule is COc1ccc(CNc2nc(NCc3cccs3)c3ccccc3n2)c(OC)c1. The van der Waals surface area contributed by atoms with Crippen LogP contribution in [0, 0.1) is 0 Å². The quantitative estimate of drug-likeness (QED) is 0.432. The molecule has 0 radical (unpaired) electrons. The van der Waals surface area contributed by atoms with Gasteiger partial charge in [0.2, 0.25) is 5.95 Å². The number of para-hydroxylation sites is 1. The smallest absolute Gasteiger partial charge is 0.225 e. The Labute approximate surface area is 173 Å². The lowest BCUT2D eigenvalue weighted by Gasteiger charge is -2.13. The zero-order valence-corrected chi connectivity index (χ0v) is 17.1. The molecule has 0 aliphatic carbocycles. The summed E-state index contributed by atoms with van der Waals surface area (Å²) in [5, 5.41) is 9.83. The van der Waals surface area contributed by atoms with Crippen LogP contribution in [0.15, 0.2) is 60.0 Å². The first-order chi connectivity index (χ1) is 14.3. The lowest BCUT2D eigenvalue weighted by atomic mass is 10.2. The van der Waals surface area contributed by atoms with Gasteiger partial charge in [-0.1, -0.05) is 18.2 Å². The van der Waals surface area contributed by atoms with E-state index in [0.717, 1.165) is 40.3 Å². The molecular formula is C22H22N4O2S. The fourth-order valence-corrected chi connectivity index (χ4v) is 3.69. The van der Waals surface area contributed by atoms with Gasteiger partial charge in [0.05, 0.1) is 26.3 Å². The number of ether oxygens (including phenoxy) is 2. The molecule has 29 heavy (non-hydrogen) atoms. The molecule has 0 spiro atoms. The summed E-state index contributed by atoms with van der Waals surface area (Å²) in [7, 11) is 3.29. The molecule has 4 aromatic rings. The topological polar surface area (TPSA) is 68.3 Å². The van der Waals surface area contributed by atoms with Gasteiger partial charge in [-0.25, -0.2) is 4.98 Å². The minimum Gasteiger partial charge on any atom is -0.497 e. The zero-order valence-electron chi connectivity index (χ0n) is 16.3.